The molecule has 0 aliphatic rings. The second kappa shape index (κ2) is 14.0. The van der Waals surface area contributed by atoms with Gasteiger partial charge in [-0.05, 0) is 11.8 Å². The van der Waals surface area contributed by atoms with Crippen LogP contribution in [-0.2, 0) is 0 Å². The Balaban J connectivity index is 0. The molecular weight excluding hydrogens is 180 g/mol. The Morgan fingerprint density at radius 2 is 1.33 bits per heavy atom. The highest BCUT2D eigenvalue weighted by Crippen LogP contribution is 2.07. The maximum absolute atomic E-state index is 2.31. The van der Waals surface area contributed by atoms with Gasteiger partial charge < -0.3 is 0 Å². The fourth-order valence-corrected chi connectivity index (χ4v) is 1.50. The molecule has 0 heterocycles. The summed E-state index contributed by atoms with van der Waals surface area (Å²) in [5.74, 6) is 1.85. The van der Waals surface area contributed by atoms with E-state index in [1.807, 2.05) is 0 Å². The fraction of sp³-hybridized carbons (Fsp3) is 1.00. The van der Waals surface area contributed by atoms with Crippen molar-refractivity contribution in [2.45, 2.75) is 86.5 Å². The van der Waals surface area contributed by atoms with Crippen LogP contribution in [0.2, 0.25) is 0 Å². The van der Waals surface area contributed by atoms with E-state index in [1.165, 1.54) is 44.9 Å². The molecule has 0 bridgehead atoms. The van der Waals surface area contributed by atoms with Gasteiger partial charge in [0.25, 0.3) is 0 Å². The van der Waals surface area contributed by atoms with Crippen LogP contribution in [0.4, 0.5) is 0 Å². The number of rotatable bonds is 7. The van der Waals surface area contributed by atoms with Crippen molar-refractivity contribution < 1.29 is 0 Å². The van der Waals surface area contributed by atoms with Crippen LogP contribution >= 0.6 is 0 Å². The first-order chi connectivity index (χ1) is 7.08. The summed E-state index contributed by atoms with van der Waals surface area (Å²) in [4.78, 5) is 0. The van der Waals surface area contributed by atoms with Gasteiger partial charge in [0.2, 0.25) is 0 Å². The zero-order valence-electron chi connectivity index (χ0n) is 12.1. The van der Waals surface area contributed by atoms with Gasteiger partial charge in [0, 0.05) is 0 Å². The molecule has 15 heavy (non-hydrogen) atoms. The van der Waals surface area contributed by atoms with Crippen LogP contribution in [0.5, 0.6) is 0 Å². The van der Waals surface area contributed by atoms with Gasteiger partial charge in [0.15, 0.2) is 0 Å². The number of hydrogen-bond acceptors (Lipinski definition) is 0. The van der Waals surface area contributed by atoms with Crippen LogP contribution in [0.3, 0.4) is 0 Å². The summed E-state index contributed by atoms with van der Waals surface area (Å²) in [5, 5.41) is 0. The van der Waals surface area contributed by atoms with Crippen LogP contribution < -0.4 is 0 Å². The minimum Gasteiger partial charge on any atom is -0.0654 e. The molecule has 0 aromatic carbocycles. The van der Waals surface area contributed by atoms with Gasteiger partial charge >= 0.3 is 0 Å². The molecule has 0 fully saturated rings. The average Bonchev–Trinajstić information content (AvgIpc) is 2.19. The summed E-state index contributed by atoms with van der Waals surface area (Å²) in [6.07, 6.45) is 9.69. The molecule has 0 amide bonds. The van der Waals surface area contributed by atoms with E-state index >= 15 is 0 Å². The topological polar surface area (TPSA) is 0 Å². The van der Waals surface area contributed by atoms with Crippen molar-refractivity contribution in [2.24, 2.45) is 11.8 Å². The molecule has 0 spiro atoms. The molecule has 0 aliphatic carbocycles. The van der Waals surface area contributed by atoms with Crippen molar-refractivity contribution in [1.82, 2.24) is 0 Å². The summed E-state index contributed by atoms with van der Waals surface area (Å²) in [5.41, 5.74) is 0. The monoisotopic (exact) mass is 214 g/mol. The predicted octanol–water partition coefficient (Wildman–Crippen LogP) is 6.06. The summed E-state index contributed by atoms with van der Waals surface area (Å²) in [6, 6.07) is 0. The normalized spacial score (nSPS) is 12.2. The lowest BCUT2D eigenvalue weighted by Gasteiger charge is -2.02. The Bertz CT molecular complexity index is 94.2. The fourth-order valence-electron chi connectivity index (χ4n) is 1.50. The molecule has 0 saturated heterocycles. The van der Waals surface area contributed by atoms with Crippen LogP contribution in [0.15, 0.2) is 0 Å². The average molecular weight is 214 g/mol. The van der Waals surface area contributed by atoms with E-state index in [9.17, 15) is 0 Å². The Morgan fingerprint density at radius 3 is 1.60 bits per heavy atom. The van der Waals surface area contributed by atoms with Gasteiger partial charge in [-0.1, -0.05) is 86.5 Å². The van der Waals surface area contributed by atoms with E-state index in [1.54, 1.807) is 0 Å². The standard InChI is InChI=1S/C8H18.C7H16/c1-4-5-6-7-8(2)3;1-4-6-7(3)5-2/h8H,4-7H2,1-3H3;7H,4-6H2,1-3H3. The number of hydrogen-bond donors (Lipinski definition) is 0. The lowest BCUT2D eigenvalue weighted by atomic mass is 10.0. The molecule has 0 radical (unpaired) electrons. The van der Waals surface area contributed by atoms with Crippen molar-refractivity contribution in [3.05, 3.63) is 0 Å². The molecule has 0 rings (SSSR count). The molecule has 0 heteroatoms. The van der Waals surface area contributed by atoms with Crippen LogP contribution in [0.1, 0.15) is 86.5 Å². The molecule has 0 aromatic heterocycles. The first-order valence-corrected chi connectivity index (χ1v) is 7.08. The third-order valence-corrected chi connectivity index (χ3v) is 2.86. The quantitative estimate of drug-likeness (QED) is 0.452. The minimum atomic E-state index is 0.904. The highest BCUT2D eigenvalue weighted by molar-refractivity contribution is 4.45. The number of unbranched alkanes of at least 4 members (excludes halogenated alkanes) is 2. The van der Waals surface area contributed by atoms with Gasteiger partial charge in [-0.25, -0.2) is 0 Å². The maximum Gasteiger partial charge on any atom is -0.0446 e. The zero-order chi connectivity index (χ0) is 12.1. The maximum atomic E-state index is 2.31. The second-order valence-corrected chi connectivity index (χ2v) is 5.19. The highest BCUT2D eigenvalue weighted by atomic mass is 14.0. The summed E-state index contributed by atoms with van der Waals surface area (Å²) >= 11 is 0. The molecule has 0 N–H and O–H groups in total. The Kier molecular flexibility index (Phi) is 16.2. The first kappa shape index (κ1) is 17.4. The molecule has 1 atom stereocenters. The second-order valence-electron chi connectivity index (χ2n) is 5.19. The Labute approximate surface area is 98.9 Å². The van der Waals surface area contributed by atoms with Crippen molar-refractivity contribution in [1.29, 1.82) is 0 Å². The molecule has 1 unspecified atom stereocenters. The van der Waals surface area contributed by atoms with Crippen molar-refractivity contribution in [2.75, 3.05) is 0 Å². The van der Waals surface area contributed by atoms with E-state index in [-0.39, 0.29) is 0 Å². The SMILES string of the molecule is CCCC(C)CC.CCCCCC(C)C. The largest absolute Gasteiger partial charge is 0.0654 e. The van der Waals surface area contributed by atoms with E-state index in [0.717, 1.165) is 11.8 Å². The van der Waals surface area contributed by atoms with Gasteiger partial charge in [-0.2, -0.15) is 0 Å². The minimum absolute atomic E-state index is 0.904. The van der Waals surface area contributed by atoms with Gasteiger partial charge in [-0.15, -0.1) is 0 Å². The van der Waals surface area contributed by atoms with E-state index < -0.39 is 0 Å². The van der Waals surface area contributed by atoms with E-state index in [2.05, 4.69) is 41.5 Å². The van der Waals surface area contributed by atoms with E-state index in [4.69, 9.17) is 0 Å². The van der Waals surface area contributed by atoms with Crippen LogP contribution in [0, 0.1) is 11.8 Å². The van der Waals surface area contributed by atoms with Crippen molar-refractivity contribution in [3.63, 3.8) is 0 Å². The third-order valence-electron chi connectivity index (χ3n) is 2.86. The molecular formula is C15H34. The van der Waals surface area contributed by atoms with Crippen molar-refractivity contribution in [3.8, 4) is 0 Å². The molecule has 0 saturated carbocycles. The third kappa shape index (κ3) is 20.2. The summed E-state index contributed by atoms with van der Waals surface area (Å²) < 4.78 is 0. The van der Waals surface area contributed by atoms with Gasteiger partial charge in [-0.3, -0.25) is 0 Å². The van der Waals surface area contributed by atoms with Crippen LogP contribution in [-0.4, -0.2) is 0 Å². The Morgan fingerprint density at radius 1 is 0.733 bits per heavy atom. The Hall–Kier alpha value is 0. The van der Waals surface area contributed by atoms with Crippen molar-refractivity contribution >= 4 is 0 Å². The lowest BCUT2D eigenvalue weighted by Crippen LogP contribution is -1.88. The molecule has 94 valence electrons. The first-order valence-electron chi connectivity index (χ1n) is 7.08. The van der Waals surface area contributed by atoms with Crippen LogP contribution in [0.25, 0.3) is 0 Å². The van der Waals surface area contributed by atoms with Gasteiger partial charge in [0.05, 0.1) is 0 Å². The molecule has 0 aliphatic heterocycles. The molecule has 0 nitrogen and oxygen atoms in total. The predicted molar refractivity (Wildman–Crippen MR) is 73.3 cm³/mol. The lowest BCUT2D eigenvalue weighted by molar-refractivity contribution is 0.509. The van der Waals surface area contributed by atoms with E-state index in [0.29, 0.717) is 0 Å². The zero-order valence-corrected chi connectivity index (χ0v) is 12.1. The molecule has 0 aromatic rings. The summed E-state index contributed by atoms with van der Waals surface area (Å²) in [6.45, 7) is 13.6. The smallest absolute Gasteiger partial charge is 0.0446 e. The van der Waals surface area contributed by atoms with Gasteiger partial charge in [0.1, 0.15) is 0 Å². The highest BCUT2D eigenvalue weighted by Gasteiger charge is 1.92. The summed E-state index contributed by atoms with van der Waals surface area (Å²) in [7, 11) is 0.